The molecule has 0 spiro atoms. The maximum absolute atomic E-state index is 12.9. The molecule has 0 aromatic heterocycles. The first-order valence-corrected chi connectivity index (χ1v) is 12.2. The number of nitrogens with zero attached hydrogens (tertiary/aromatic N) is 2. The van der Waals surface area contributed by atoms with Crippen molar-refractivity contribution in [1.29, 1.82) is 0 Å². The predicted molar refractivity (Wildman–Crippen MR) is 130 cm³/mol. The summed E-state index contributed by atoms with van der Waals surface area (Å²) in [4.78, 5) is 17.3. The molecule has 6 nitrogen and oxygen atoms in total. The van der Waals surface area contributed by atoms with E-state index < -0.39 is 0 Å². The highest BCUT2D eigenvalue weighted by Crippen LogP contribution is 2.35. The molecule has 1 saturated heterocycles. The van der Waals surface area contributed by atoms with Crippen molar-refractivity contribution >= 4 is 11.6 Å². The first-order valence-electron chi connectivity index (χ1n) is 12.2. The minimum atomic E-state index is 0.0463. The van der Waals surface area contributed by atoms with Gasteiger partial charge in [-0.3, -0.25) is 4.79 Å². The zero-order chi connectivity index (χ0) is 23.0. The van der Waals surface area contributed by atoms with Gasteiger partial charge in [0.1, 0.15) is 0 Å². The third kappa shape index (κ3) is 5.99. The number of amides is 1. The fourth-order valence-electron chi connectivity index (χ4n) is 4.99. The number of hydrogen-bond donors (Lipinski definition) is 1. The summed E-state index contributed by atoms with van der Waals surface area (Å²) in [5, 5.41) is 9.17. The van der Waals surface area contributed by atoms with Gasteiger partial charge in [-0.25, -0.2) is 0 Å². The summed E-state index contributed by atoms with van der Waals surface area (Å²) >= 11 is 0. The van der Waals surface area contributed by atoms with E-state index in [2.05, 4.69) is 29.2 Å². The second-order valence-corrected chi connectivity index (χ2v) is 9.06. The van der Waals surface area contributed by atoms with Crippen LogP contribution in [0.1, 0.15) is 44.1 Å². The van der Waals surface area contributed by atoms with Crippen LogP contribution in [0.3, 0.4) is 0 Å². The van der Waals surface area contributed by atoms with Crippen LogP contribution < -0.4 is 14.4 Å². The van der Waals surface area contributed by atoms with Crippen molar-refractivity contribution in [2.45, 2.75) is 57.1 Å². The molecule has 1 amide bonds. The second kappa shape index (κ2) is 11.4. The van der Waals surface area contributed by atoms with Crippen LogP contribution >= 0.6 is 0 Å². The Labute approximate surface area is 197 Å². The Bertz CT molecular complexity index is 898. The van der Waals surface area contributed by atoms with Crippen molar-refractivity contribution in [3.05, 3.63) is 54.1 Å². The molecule has 1 unspecified atom stereocenters. The van der Waals surface area contributed by atoms with Crippen molar-refractivity contribution in [2.75, 3.05) is 38.3 Å². The van der Waals surface area contributed by atoms with E-state index in [9.17, 15) is 9.90 Å². The molecular weight excluding hydrogens is 416 g/mol. The summed E-state index contributed by atoms with van der Waals surface area (Å²) in [6, 6.07) is 16.6. The van der Waals surface area contributed by atoms with Crippen molar-refractivity contribution in [3.8, 4) is 11.5 Å². The third-order valence-electron chi connectivity index (χ3n) is 6.77. The van der Waals surface area contributed by atoms with Crippen molar-refractivity contribution < 1.29 is 19.4 Å². The minimum Gasteiger partial charge on any atom is -0.493 e. The van der Waals surface area contributed by atoms with E-state index in [-0.39, 0.29) is 24.7 Å². The van der Waals surface area contributed by atoms with Crippen LogP contribution in [0.25, 0.3) is 0 Å². The normalized spacial score (nSPS) is 19.0. The lowest BCUT2D eigenvalue weighted by Crippen LogP contribution is -2.56. The molecule has 178 valence electrons. The molecule has 0 bridgehead atoms. The molecule has 2 aromatic rings. The van der Waals surface area contributed by atoms with Crippen LogP contribution in [0, 0.1) is 0 Å². The highest BCUT2D eigenvalue weighted by molar-refractivity contribution is 5.77. The number of benzene rings is 2. The summed E-state index contributed by atoms with van der Waals surface area (Å²) < 4.78 is 11.9. The van der Waals surface area contributed by atoms with Gasteiger partial charge in [0.05, 0.1) is 19.3 Å². The second-order valence-electron chi connectivity index (χ2n) is 9.06. The molecular formula is C27H36N2O4. The maximum atomic E-state index is 12.9. The monoisotopic (exact) mass is 452 g/mol. The van der Waals surface area contributed by atoms with E-state index in [0.717, 1.165) is 49.5 Å². The lowest BCUT2D eigenvalue weighted by Gasteiger charge is -2.43. The van der Waals surface area contributed by atoms with E-state index in [1.807, 2.05) is 29.2 Å². The summed E-state index contributed by atoms with van der Waals surface area (Å²) in [5.74, 6) is 1.71. The van der Waals surface area contributed by atoms with E-state index in [1.165, 1.54) is 18.4 Å². The third-order valence-corrected chi connectivity index (χ3v) is 6.77. The quantitative estimate of drug-likeness (QED) is 0.622. The van der Waals surface area contributed by atoms with Crippen molar-refractivity contribution in [1.82, 2.24) is 4.90 Å². The van der Waals surface area contributed by atoms with Gasteiger partial charge in [0.25, 0.3) is 0 Å². The molecule has 2 aliphatic rings. The number of aliphatic hydroxyl groups is 1. The molecule has 1 N–H and O–H groups in total. The Kier molecular flexibility index (Phi) is 8.10. The number of rotatable bonds is 9. The molecule has 6 heteroatoms. The number of anilines is 1. The Morgan fingerprint density at radius 3 is 2.58 bits per heavy atom. The average Bonchev–Trinajstić information content (AvgIpc) is 3.36. The van der Waals surface area contributed by atoms with Crippen LogP contribution in [-0.2, 0) is 11.2 Å². The predicted octanol–water partition coefficient (Wildman–Crippen LogP) is 4.05. The minimum absolute atomic E-state index is 0.0463. The van der Waals surface area contributed by atoms with Crippen LogP contribution in [0.2, 0.25) is 0 Å². The average molecular weight is 453 g/mol. The van der Waals surface area contributed by atoms with E-state index in [0.29, 0.717) is 19.4 Å². The SMILES string of the molecule is COc1ccc(N2CCN(C(=O)CCCO)C(Cc3ccccc3)C2)cc1OC1CCCC1. The van der Waals surface area contributed by atoms with E-state index >= 15 is 0 Å². The van der Waals surface area contributed by atoms with Gasteiger partial charge < -0.3 is 24.4 Å². The lowest BCUT2D eigenvalue weighted by atomic mass is 10.0. The molecule has 0 radical (unpaired) electrons. The van der Waals surface area contributed by atoms with Gasteiger partial charge in [0.2, 0.25) is 5.91 Å². The summed E-state index contributed by atoms with van der Waals surface area (Å²) in [6.07, 6.45) is 6.62. The first-order chi connectivity index (χ1) is 16.2. The van der Waals surface area contributed by atoms with Crippen LogP contribution in [0.15, 0.2) is 48.5 Å². The fraction of sp³-hybridized carbons (Fsp3) is 0.519. The van der Waals surface area contributed by atoms with Gasteiger partial charge in [0, 0.05) is 44.4 Å². The molecule has 1 heterocycles. The number of carbonyl (C=O) groups is 1. The fourth-order valence-corrected chi connectivity index (χ4v) is 4.99. The van der Waals surface area contributed by atoms with E-state index in [4.69, 9.17) is 9.47 Å². The van der Waals surface area contributed by atoms with Gasteiger partial charge in [-0.1, -0.05) is 30.3 Å². The number of ether oxygens (including phenoxy) is 2. The standard InChI is InChI=1S/C27H36N2O4/c1-32-25-14-13-22(19-26(25)33-24-10-5-6-11-24)28-15-16-29(27(31)12-7-17-30)23(20-28)18-21-8-3-2-4-9-21/h2-4,8-9,13-14,19,23-24,30H,5-7,10-12,15-18,20H2,1H3. The Morgan fingerprint density at radius 2 is 1.85 bits per heavy atom. The molecule has 1 aliphatic carbocycles. The number of hydrogen-bond acceptors (Lipinski definition) is 5. The largest absolute Gasteiger partial charge is 0.493 e. The van der Waals surface area contributed by atoms with Gasteiger partial charge >= 0.3 is 0 Å². The zero-order valence-electron chi connectivity index (χ0n) is 19.6. The Balaban J connectivity index is 1.52. The number of methoxy groups -OCH3 is 1. The van der Waals surface area contributed by atoms with Crippen molar-refractivity contribution in [3.63, 3.8) is 0 Å². The van der Waals surface area contributed by atoms with Gasteiger partial charge in [-0.2, -0.15) is 0 Å². The summed E-state index contributed by atoms with van der Waals surface area (Å²) in [7, 11) is 1.68. The Morgan fingerprint density at radius 1 is 1.06 bits per heavy atom. The molecule has 1 aliphatic heterocycles. The number of piperazine rings is 1. The molecule has 33 heavy (non-hydrogen) atoms. The van der Waals surface area contributed by atoms with Gasteiger partial charge in [0.15, 0.2) is 11.5 Å². The van der Waals surface area contributed by atoms with Gasteiger partial charge in [-0.15, -0.1) is 0 Å². The summed E-state index contributed by atoms with van der Waals surface area (Å²) in [6.45, 7) is 2.25. The zero-order valence-corrected chi connectivity index (χ0v) is 19.6. The molecule has 1 saturated carbocycles. The Hall–Kier alpha value is -2.73. The lowest BCUT2D eigenvalue weighted by molar-refractivity contribution is -0.134. The smallest absolute Gasteiger partial charge is 0.223 e. The van der Waals surface area contributed by atoms with Crippen LogP contribution in [0.5, 0.6) is 11.5 Å². The van der Waals surface area contributed by atoms with Crippen molar-refractivity contribution in [2.24, 2.45) is 0 Å². The highest BCUT2D eigenvalue weighted by Gasteiger charge is 2.31. The molecule has 2 fully saturated rings. The van der Waals surface area contributed by atoms with Crippen LogP contribution in [-0.4, -0.2) is 61.4 Å². The first kappa shape index (κ1) is 23.4. The molecule has 2 aromatic carbocycles. The van der Waals surface area contributed by atoms with Crippen LogP contribution in [0.4, 0.5) is 5.69 Å². The molecule has 1 atom stereocenters. The van der Waals surface area contributed by atoms with Gasteiger partial charge in [-0.05, 0) is 56.2 Å². The maximum Gasteiger partial charge on any atom is 0.223 e. The highest BCUT2D eigenvalue weighted by atomic mass is 16.5. The molecule has 4 rings (SSSR count). The number of carbonyl (C=O) groups excluding carboxylic acids is 1. The topological polar surface area (TPSA) is 62.2 Å². The summed E-state index contributed by atoms with van der Waals surface area (Å²) in [5.41, 5.74) is 2.33. The number of aliphatic hydroxyl groups excluding tert-OH is 1. The van der Waals surface area contributed by atoms with E-state index in [1.54, 1.807) is 7.11 Å².